The van der Waals surface area contributed by atoms with Crippen LogP contribution in [0.2, 0.25) is 5.28 Å². The minimum atomic E-state index is -0.503. The average molecular weight is 472 g/mol. The van der Waals surface area contributed by atoms with Crippen molar-refractivity contribution >= 4 is 28.7 Å². The Morgan fingerprint density at radius 1 is 1.21 bits per heavy atom. The van der Waals surface area contributed by atoms with E-state index in [0.29, 0.717) is 31.9 Å². The zero-order valence-electron chi connectivity index (χ0n) is 19.5. The number of likely N-dealkylation sites (tertiary alicyclic amines) is 1. The van der Waals surface area contributed by atoms with Crippen molar-refractivity contribution in [2.24, 2.45) is 0 Å². The van der Waals surface area contributed by atoms with Crippen LogP contribution >= 0.6 is 11.6 Å². The molecule has 8 nitrogen and oxygen atoms in total. The maximum absolute atomic E-state index is 12.4. The summed E-state index contributed by atoms with van der Waals surface area (Å²) in [6.45, 7) is 9.99. The van der Waals surface area contributed by atoms with Gasteiger partial charge in [0.2, 0.25) is 5.28 Å². The van der Waals surface area contributed by atoms with E-state index < -0.39 is 5.60 Å². The van der Waals surface area contributed by atoms with Crippen LogP contribution in [0.3, 0.4) is 0 Å². The van der Waals surface area contributed by atoms with Gasteiger partial charge in [-0.1, -0.05) is 12.1 Å². The number of rotatable bonds is 5. The molecule has 33 heavy (non-hydrogen) atoms. The summed E-state index contributed by atoms with van der Waals surface area (Å²) < 4.78 is 13.0. The van der Waals surface area contributed by atoms with Crippen LogP contribution in [0.15, 0.2) is 30.5 Å². The fraction of sp³-hybridized carbons (Fsp3) is 0.500. The fourth-order valence-corrected chi connectivity index (χ4v) is 4.28. The third-order valence-corrected chi connectivity index (χ3v) is 5.74. The van der Waals surface area contributed by atoms with Crippen LogP contribution in [0.4, 0.5) is 4.79 Å². The van der Waals surface area contributed by atoms with Gasteiger partial charge in [-0.05, 0) is 69.8 Å². The van der Waals surface area contributed by atoms with Gasteiger partial charge in [0.05, 0.1) is 30.4 Å². The van der Waals surface area contributed by atoms with Crippen LogP contribution in [-0.4, -0.2) is 56.0 Å². The van der Waals surface area contributed by atoms with Gasteiger partial charge in [0, 0.05) is 19.0 Å². The summed E-state index contributed by atoms with van der Waals surface area (Å²) in [7, 11) is 0. The van der Waals surface area contributed by atoms with Crippen LogP contribution < -0.4 is 4.74 Å². The van der Waals surface area contributed by atoms with Gasteiger partial charge < -0.3 is 14.4 Å². The number of carbonyl (C=O) groups is 1. The smallest absolute Gasteiger partial charge is 0.410 e. The highest BCUT2D eigenvalue weighted by molar-refractivity contribution is 6.28. The first-order valence-corrected chi connectivity index (χ1v) is 11.7. The SMILES string of the molecule is CCOc1cccc(Cn2ncc3c(C4CCN(C(=O)OC(C)(C)C)CC4)nc(Cl)nc32)c1. The summed E-state index contributed by atoms with van der Waals surface area (Å²) in [5.74, 6) is 1.00. The molecule has 0 bridgehead atoms. The number of amides is 1. The molecule has 2 aromatic heterocycles. The molecule has 9 heteroatoms. The van der Waals surface area contributed by atoms with E-state index in [1.807, 2.05) is 62.8 Å². The first kappa shape index (κ1) is 23.3. The summed E-state index contributed by atoms with van der Waals surface area (Å²) in [6, 6.07) is 7.95. The van der Waals surface area contributed by atoms with Crippen molar-refractivity contribution in [2.45, 2.75) is 58.6 Å². The molecule has 0 radical (unpaired) electrons. The Hall–Kier alpha value is -2.87. The minimum Gasteiger partial charge on any atom is -0.494 e. The third kappa shape index (κ3) is 5.55. The molecule has 3 aromatic rings. The topological polar surface area (TPSA) is 82.4 Å². The molecule has 1 amide bonds. The normalized spacial score (nSPS) is 15.1. The maximum Gasteiger partial charge on any atom is 0.410 e. The van der Waals surface area contributed by atoms with Crippen LogP contribution in [0.5, 0.6) is 5.75 Å². The zero-order chi connectivity index (χ0) is 23.6. The molecule has 1 aromatic carbocycles. The first-order chi connectivity index (χ1) is 15.7. The summed E-state index contributed by atoms with van der Waals surface area (Å²) in [4.78, 5) is 23.2. The number of piperidine rings is 1. The van der Waals surface area contributed by atoms with Crippen LogP contribution in [0, 0.1) is 0 Å². The first-order valence-electron chi connectivity index (χ1n) is 11.3. The summed E-state index contributed by atoms with van der Waals surface area (Å²) in [5.41, 5.74) is 2.16. The van der Waals surface area contributed by atoms with E-state index in [1.165, 1.54) is 0 Å². The average Bonchev–Trinajstić information content (AvgIpc) is 3.15. The number of nitrogens with zero attached hydrogens (tertiary/aromatic N) is 5. The second-order valence-corrected chi connectivity index (χ2v) is 9.58. The predicted molar refractivity (Wildman–Crippen MR) is 127 cm³/mol. The molecule has 176 valence electrons. The van der Waals surface area contributed by atoms with Crippen LogP contribution in [0.25, 0.3) is 11.0 Å². The lowest BCUT2D eigenvalue weighted by Gasteiger charge is -2.33. The fourth-order valence-electron chi connectivity index (χ4n) is 4.11. The highest BCUT2D eigenvalue weighted by Gasteiger charge is 2.29. The Labute approximate surface area is 198 Å². The second-order valence-electron chi connectivity index (χ2n) is 9.24. The molecular weight excluding hydrogens is 442 g/mol. The Bertz CT molecular complexity index is 1130. The Kier molecular flexibility index (Phi) is 6.74. The molecule has 0 aliphatic carbocycles. The predicted octanol–water partition coefficient (Wildman–Crippen LogP) is 5.04. The number of halogens is 1. The van der Waals surface area contributed by atoms with E-state index in [-0.39, 0.29) is 17.3 Å². The van der Waals surface area contributed by atoms with Gasteiger partial charge in [0.1, 0.15) is 11.4 Å². The molecule has 0 saturated carbocycles. The van der Waals surface area contributed by atoms with Crippen molar-refractivity contribution in [2.75, 3.05) is 19.7 Å². The molecule has 1 aliphatic heterocycles. The monoisotopic (exact) mass is 471 g/mol. The maximum atomic E-state index is 12.4. The highest BCUT2D eigenvalue weighted by atomic mass is 35.5. The van der Waals surface area contributed by atoms with Crippen LogP contribution in [-0.2, 0) is 11.3 Å². The number of hydrogen-bond donors (Lipinski definition) is 0. The van der Waals surface area contributed by atoms with Crippen LogP contribution in [0.1, 0.15) is 57.7 Å². The molecule has 1 aliphatic rings. The molecule has 3 heterocycles. The molecule has 0 atom stereocenters. The largest absolute Gasteiger partial charge is 0.494 e. The molecule has 0 N–H and O–H groups in total. The van der Waals surface area contributed by atoms with Crippen molar-refractivity contribution in [1.82, 2.24) is 24.6 Å². The van der Waals surface area contributed by atoms with E-state index in [9.17, 15) is 4.79 Å². The van der Waals surface area contributed by atoms with Gasteiger partial charge in [0.15, 0.2) is 5.65 Å². The van der Waals surface area contributed by atoms with Gasteiger partial charge in [-0.25, -0.2) is 14.5 Å². The third-order valence-electron chi connectivity index (χ3n) is 5.57. The zero-order valence-corrected chi connectivity index (χ0v) is 20.3. The molecule has 0 unspecified atom stereocenters. The quantitative estimate of drug-likeness (QED) is 0.485. The highest BCUT2D eigenvalue weighted by Crippen LogP contribution is 2.33. The standard InChI is InChI=1S/C24H30ClN5O3/c1-5-32-18-8-6-7-16(13-18)15-30-21-19(14-26-30)20(27-22(25)28-21)17-9-11-29(12-10-17)23(31)33-24(2,3)4/h6-8,13-14,17H,5,9-12,15H2,1-4H3. The van der Waals surface area contributed by atoms with Gasteiger partial charge in [-0.3, -0.25) is 0 Å². The summed E-state index contributed by atoms with van der Waals surface area (Å²) in [5, 5.41) is 5.68. The van der Waals surface area contributed by atoms with E-state index in [2.05, 4.69) is 15.1 Å². The van der Waals surface area contributed by atoms with Gasteiger partial charge in [-0.2, -0.15) is 10.1 Å². The number of hydrogen-bond acceptors (Lipinski definition) is 6. The van der Waals surface area contributed by atoms with Gasteiger partial charge in [-0.15, -0.1) is 0 Å². The lowest BCUT2D eigenvalue weighted by atomic mass is 9.92. The van der Waals surface area contributed by atoms with Gasteiger partial charge >= 0.3 is 6.09 Å². The van der Waals surface area contributed by atoms with Crippen molar-refractivity contribution in [3.8, 4) is 5.75 Å². The second kappa shape index (κ2) is 9.55. The molecule has 0 spiro atoms. The van der Waals surface area contributed by atoms with Crippen molar-refractivity contribution in [3.63, 3.8) is 0 Å². The Balaban J connectivity index is 1.53. The molecular formula is C24H30ClN5O3. The van der Waals surface area contributed by atoms with Crippen molar-refractivity contribution in [1.29, 1.82) is 0 Å². The lowest BCUT2D eigenvalue weighted by Crippen LogP contribution is -2.41. The van der Waals surface area contributed by atoms with E-state index in [0.717, 1.165) is 35.2 Å². The Morgan fingerprint density at radius 2 is 1.97 bits per heavy atom. The van der Waals surface area contributed by atoms with E-state index in [1.54, 1.807) is 4.90 Å². The Morgan fingerprint density at radius 3 is 2.67 bits per heavy atom. The van der Waals surface area contributed by atoms with E-state index in [4.69, 9.17) is 21.1 Å². The minimum absolute atomic E-state index is 0.172. The summed E-state index contributed by atoms with van der Waals surface area (Å²) >= 11 is 6.33. The summed E-state index contributed by atoms with van der Waals surface area (Å²) in [6.07, 6.45) is 3.11. The number of benzene rings is 1. The van der Waals surface area contributed by atoms with Crippen molar-refractivity contribution in [3.05, 3.63) is 47.0 Å². The number of ether oxygens (including phenoxy) is 2. The van der Waals surface area contributed by atoms with E-state index >= 15 is 0 Å². The van der Waals surface area contributed by atoms with Gasteiger partial charge in [0.25, 0.3) is 0 Å². The molecule has 4 rings (SSSR count). The van der Waals surface area contributed by atoms with Crippen molar-refractivity contribution < 1.29 is 14.3 Å². The number of fused-ring (bicyclic) bond motifs is 1. The molecule has 1 fully saturated rings. The number of carbonyl (C=O) groups excluding carboxylic acids is 1. The lowest BCUT2D eigenvalue weighted by molar-refractivity contribution is 0.0204. The number of aromatic nitrogens is 4. The molecule has 1 saturated heterocycles.